The molecule has 0 aliphatic carbocycles. The summed E-state index contributed by atoms with van der Waals surface area (Å²) in [6, 6.07) is 1.31. The molecule has 0 atom stereocenters. The summed E-state index contributed by atoms with van der Waals surface area (Å²) >= 11 is 2.84. The molecule has 0 amide bonds. The Bertz CT molecular complexity index is 384. The van der Waals surface area contributed by atoms with Gasteiger partial charge >= 0.3 is 5.82 Å². The molecule has 0 spiro atoms. The quantitative estimate of drug-likeness (QED) is 0.611. The molecule has 0 unspecified atom stereocenters. The maximum absolute atomic E-state index is 12.4. The average molecular weight is 267 g/mol. The van der Waals surface area contributed by atoms with E-state index in [1.54, 1.807) is 0 Å². The van der Waals surface area contributed by atoms with E-state index in [0.29, 0.717) is 5.69 Å². The molecular weight excluding hydrogens is 262 g/mol. The lowest BCUT2D eigenvalue weighted by molar-refractivity contribution is -0.391. The summed E-state index contributed by atoms with van der Waals surface area (Å²) in [5.74, 6) is -0.799. The van der Waals surface area contributed by atoms with Crippen molar-refractivity contribution in [3.63, 3.8) is 0 Å². The summed E-state index contributed by atoms with van der Waals surface area (Å²) in [4.78, 5) is 12.9. The third-order valence-electron chi connectivity index (χ3n) is 1.51. The minimum Gasteiger partial charge on any atom is -0.358 e. The number of aryl methyl sites for hydroxylation is 1. The smallest absolute Gasteiger partial charge is 0.358 e. The fourth-order valence-electron chi connectivity index (χ4n) is 0.968. The Labute approximate surface area is 86.2 Å². The van der Waals surface area contributed by atoms with Crippen molar-refractivity contribution >= 4 is 21.7 Å². The lowest BCUT2D eigenvalue weighted by atomic mass is 10.2. The molecule has 0 saturated heterocycles. The molecule has 1 heterocycles. The van der Waals surface area contributed by atoms with Crippen molar-refractivity contribution in [2.45, 2.75) is 13.3 Å². The number of nitrogens with zero attached hydrogens (tertiary/aromatic N) is 2. The first-order valence-electron chi connectivity index (χ1n) is 3.53. The summed E-state index contributed by atoms with van der Waals surface area (Å²) in [6.45, 7) is 1.49. The number of alkyl halides is 2. The van der Waals surface area contributed by atoms with Crippen molar-refractivity contribution in [1.82, 2.24) is 4.98 Å². The van der Waals surface area contributed by atoms with Gasteiger partial charge in [0.2, 0.25) is 0 Å². The normalized spacial score (nSPS) is 10.6. The highest BCUT2D eigenvalue weighted by molar-refractivity contribution is 9.10. The summed E-state index contributed by atoms with van der Waals surface area (Å²) in [5.41, 5.74) is -0.367. The van der Waals surface area contributed by atoms with Gasteiger partial charge in [-0.05, 0) is 31.9 Å². The van der Waals surface area contributed by atoms with Crippen LogP contribution < -0.4 is 0 Å². The van der Waals surface area contributed by atoms with Gasteiger partial charge in [0.1, 0.15) is 5.56 Å². The first-order chi connectivity index (χ1) is 6.43. The highest BCUT2D eigenvalue weighted by Gasteiger charge is 2.27. The molecule has 1 aromatic heterocycles. The number of hydrogen-bond donors (Lipinski definition) is 0. The zero-order valence-electron chi connectivity index (χ0n) is 7.00. The standard InChI is InChI=1S/C7H5BrF2N2O2/c1-3-2-4(8)5(6(9)10)7(11-3)12(13)14/h2,6H,1H3. The van der Waals surface area contributed by atoms with Gasteiger partial charge in [-0.1, -0.05) is 0 Å². The Balaban J connectivity index is 3.44. The highest BCUT2D eigenvalue weighted by atomic mass is 79.9. The monoisotopic (exact) mass is 266 g/mol. The van der Waals surface area contributed by atoms with Gasteiger partial charge in [0.05, 0.1) is 0 Å². The highest BCUT2D eigenvalue weighted by Crippen LogP contribution is 2.34. The molecule has 4 nitrogen and oxygen atoms in total. The van der Waals surface area contributed by atoms with Gasteiger partial charge < -0.3 is 10.1 Å². The Hall–Kier alpha value is -1.11. The molecule has 1 aromatic rings. The van der Waals surface area contributed by atoms with Crippen LogP contribution in [0.5, 0.6) is 0 Å². The van der Waals surface area contributed by atoms with E-state index in [1.807, 2.05) is 0 Å². The predicted octanol–water partition coefficient (Wildman–Crippen LogP) is 3.00. The van der Waals surface area contributed by atoms with Crippen molar-refractivity contribution < 1.29 is 13.7 Å². The lowest BCUT2D eigenvalue weighted by Gasteiger charge is -2.03. The Morgan fingerprint density at radius 2 is 2.21 bits per heavy atom. The number of pyridine rings is 1. The predicted molar refractivity (Wildman–Crippen MR) is 48.3 cm³/mol. The van der Waals surface area contributed by atoms with Gasteiger partial charge in [0.15, 0.2) is 5.69 Å². The van der Waals surface area contributed by atoms with Crippen molar-refractivity contribution in [2.75, 3.05) is 0 Å². The van der Waals surface area contributed by atoms with Crippen LogP contribution in [-0.2, 0) is 0 Å². The Morgan fingerprint density at radius 3 is 2.64 bits per heavy atom. The first kappa shape index (κ1) is 11.0. The summed E-state index contributed by atoms with van der Waals surface area (Å²) in [6.07, 6.45) is -2.92. The van der Waals surface area contributed by atoms with Crippen LogP contribution >= 0.6 is 15.9 Å². The van der Waals surface area contributed by atoms with Crippen LogP contribution in [0.15, 0.2) is 10.5 Å². The van der Waals surface area contributed by atoms with E-state index in [9.17, 15) is 18.9 Å². The van der Waals surface area contributed by atoms with Crippen LogP contribution in [0, 0.1) is 17.0 Å². The van der Waals surface area contributed by atoms with Crippen LogP contribution in [0.2, 0.25) is 0 Å². The van der Waals surface area contributed by atoms with Gasteiger partial charge in [-0.3, -0.25) is 0 Å². The molecule has 1 rings (SSSR count). The molecule has 0 aliphatic rings. The molecule has 7 heteroatoms. The number of nitro groups is 1. The lowest BCUT2D eigenvalue weighted by Crippen LogP contribution is -2.01. The van der Waals surface area contributed by atoms with E-state index in [4.69, 9.17) is 0 Å². The van der Waals surface area contributed by atoms with E-state index in [-0.39, 0.29) is 4.47 Å². The summed E-state index contributed by atoms with van der Waals surface area (Å²) < 4.78 is 24.8. The van der Waals surface area contributed by atoms with E-state index < -0.39 is 22.7 Å². The van der Waals surface area contributed by atoms with E-state index in [1.165, 1.54) is 13.0 Å². The topological polar surface area (TPSA) is 56.0 Å². The van der Waals surface area contributed by atoms with Gasteiger partial charge in [-0.15, -0.1) is 0 Å². The molecule has 0 aromatic carbocycles. The van der Waals surface area contributed by atoms with Crippen molar-refractivity contribution in [3.05, 3.63) is 31.9 Å². The summed E-state index contributed by atoms with van der Waals surface area (Å²) in [7, 11) is 0. The number of aromatic nitrogens is 1. The minimum atomic E-state index is -2.92. The Morgan fingerprint density at radius 1 is 1.64 bits per heavy atom. The maximum Gasteiger partial charge on any atom is 0.373 e. The second-order valence-corrected chi connectivity index (χ2v) is 3.39. The molecule has 0 N–H and O–H groups in total. The van der Waals surface area contributed by atoms with Crippen LogP contribution in [0.1, 0.15) is 17.7 Å². The number of rotatable bonds is 2. The van der Waals surface area contributed by atoms with Gasteiger partial charge in [0.25, 0.3) is 6.43 Å². The van der Waals surface area contributed by atoms with Crippen LogP contribution in [0.25, 0.3) is 0 Å². The van der Waals surface area contributed by atoms with Gasteiger partial charge in [0, 0.05) is 11.4 Å². The molecule has 14 heavy (non-hydrogen) atoms. The van der Waals surface area contributed by atoms with E-state index in [0.717, 1.165) is 0 Å². The third-order valence-corrected chi connectivity index (χ3v) is 2.16. The average Bonchev–Trinajstić information content (AvgIpc) is 2.01. The van der Waals surface area contributed by atoms with Crippen molar-refractivity contribution in [2.24, 2.45) is 0 Å². The molecule has 0 aliphatic heterocycles. The van der Waals surface area contributed by atoms with E-state index in [2.05, 4.69) is 20.9 Å². The fourth-order valence-corrected chi connectivity index (χ4v) is 1.65. The Kier molecular flexibility index (Phi) is 3.10. The molecule has 76 valence electrons. The van der Waals surface area contributed by atoms with Crippen LogP contribution in [0.3, 0.4) is 0 Å². The van der Waals surface area contributed by atoms with Gasteiger partial charge in [-0.25, -0.2) is 8.78 Å². The molecule has 0 saturated carbocycles. The van der Waals surface area contributed by atoms with Gasteiger partial charge in [-0.2, -0.15) is 0 Å². The molecule has 0 radical (unpaired) electrons. The number of hydrogen-bond acceptors (Lipinski definition) is 3. The van der Waals surface area contributed by atoms with Crippen LogP contribution in [0.4, 0.5) is 14.6 Å². The second kappa shape index (κ2) is 3.95. The number of halogens is 3. The van der Waals surface area contributed by atoms with E-state index >= 15 is 0 Å². The third kappa shape index (κ3) is 2.03. The first-order valence-corrected chi connectivity index (χ1v) is 4.32. The van der Waals surface area contributed by atoms with Crippen LogP contribution in [-0.4, -0.2) is 9.91 Å². The zero-order chi connectivity index (χ0) is 10.9. The largest absolute Gasteiger partial charge is 0.373 e. The fraction of sp³-hybridized carbons (Fsp3) is 0.286. The van der Waals surface area contributed by atoms with Crippen molar-refractivity contribution in [1.29, 1.82) is 0 Å². The SMILES string of the molecule is Cc1cc(Br)c(C(F)F)c([N+](=O)[O-])n1. The minimum absolute atomic E-state index is 0.00620. The second-order valence-electron chi connectivity index (χ2n) is 2.54. The maximum atomic E-state index is 12.4. The molecule has 0 fully saturated rings. The molecular formula is C7H5BrF2N2O2. The molecule has 0 bridgehead atoms. The summed E-state index contributed by atoms with van der Waals surface area (Å²) in [5, 5.41) is 10.4. The van der Waals surface area contributed by atoms with Crippen molar-refractivity contribution in [3.8, 4) is 0 Å². The zero-order valence-corrected chi connectivity index (χ0v) is 8.59.